The number of nitrogens with two attached hydrogens (primary N) is 1. The van der Waals surface area contributed by atoms with E-state index in [1.54, 1.807) is 12.3 Å². The zero-order chi connectivity index (χ0) is 19.9. The quantitative estimate of drug-likeness (QED) is 0.685. The number of nitrogens with one attached hydrogen (secondary N) is 1. The maximum Gasteiger partial charge on any atom is 0.275 e. The minimum absolute atomic E-state index is 0.101. The smallest absolute Gasteiger partial charge is 0.275 e. The summed E-state index contributed by atoms with van der Waals surface area (Å²) in [5.41, 5.74) is 7.89. The molecule has 0 unspecified atom stereocenters. The molecule has 1 aliphatic rings. The number of halogens is 2. The maximum absolute atomic E-state index is 12.5. The lowest BCUT2D eigenvalue weighted by Gasteiger charge is -2.31. The number of hydrogen-bond donors (Lipinski definition) is 2. The van der Waals surface area contributed by atoms with Crippen LogP contribution in [0, 0.1) is 0 Å². The predicted octanol–water partition coefficient (Wildman–Crippen LogP) is 3.47. The summed E-state index contributed by atoms with van der Waals surface area (Å²) in [5, 5.41) is 7.66. The van der Waals surface area contributed by atoms with Crippen LogP contribution >= 0.6 is 23.2 Å². The molecule has 0 bridgehead atoms. The van der Waals surface area contributed by atoms with E-state index in [4.69, 9.17) is 28.9 Å². The molecule has 1 aromatic carbocycles. The lowest BCUT2D eigenvalue weighted by molar-refractivity contribution is 0.102. The van der Waals surface area contributed by atoms with Gasteiger partial charge < -0.3 is 11.1 Å². The Morgan fingerprint density at radius 1 is 1.29 bits per heavy atom. The molecule has 0 saturated carbocycles. The maximum atomic E-state index is 12.5. The van der Waals surface area contributed by atoms with Gasteiger partial charge in [-0.25, -0.2) is 4.98 Å². The van der Waals surface area contributed by atoms with Crippen molar-refractivity contribution in [3.63, 3.8) is 0 Å². The summed E-state index contributed by atoms with van der Waals surface area (Å²) in [4.78, 5) is 21.2. The van der Waals surface area contributed by atoms with Crippen LogP contribution in [-0.2, 0) is 12.1 Å². The summed E-state index contributed by atoms with van der Waals surface area (Å²) >= 11 is 11.9. The van der Waals surface area contributed by atoms with Gasteiger partial charge in [0, 0.05) is 18.1 Å². The second-order valence-corrected chi connectivity index (χ2v) is 7.51. The van der Waals surface area contributed by atoms with Crippen LogP contribution in [-0.4, -0.2) is 26.5 Å². The van der Waals surface area contributed by atoms with Gasteiger partial charge in [0.05, 0.1) is 16.6 Å². The van der Waals surface area contributed by atoms with Crippen LogP contribution in [0.5, 0.6) is 0 Å². The Morgan fingerprint density at radius 3 is 2.89 bits per heavy atom. The number of aromatic nitrogens is 3. The first kappa shape index (κ1) is 18.5. The number of anilines is 1. The Labute approximate surface area is 171 Å². The Hall–Kier alpha value is -2.90. The number of rotatable bonds is 3. The van der Waals surface area contributed by atoms with Crippen molar-refractivity contribution in [2.24, 2.45) is 10.7 Å². The number of amidine groups is 1. The largest absolute Gasteiger partial charge is 0.382 e. The summed E-state index contributed by atoms with van der Waals surface area (Å²) in [6, 6.07) is 10.7. The van der Waals surface area contributed by atoms with E-state index in [0.29, 0.717) is 23.1 Å². The number of pyridine rings is 1. The zero-order valence-corrected chi connectivity index (χ0v) is 16.4. The van der Waals surface area contributed by atoms with Gasteiger partial charge >= 0.3 is 0 Å². The van der Waals surface area contributed by atoms with Gasteiger partial charge in [0.2, 0.25) is 0 Å². The number of aliphatic imine (C=N–C) groups is 1. The third-order valence-electron chi connectivity index (χ3n) is 4.57. The predicted molar refractivity (Wildman–Crippen MR) is 109 cm³/mol. The molecular weight excluding hydrogens is 399 g/mol. The van der Waals surface area contributed by atoms with E-state index in [0.717, 1.165) is 11.3 Å². The molecule has 0 radical (unpaired) electrons. The molecule has 142 valence electrons. The molecular formula is C19H16Cl2N6O. The van der Waals surface area contributed by atoms with Crippen molar-refractivity contribution in [1.82, 2.24) is 14.8 Å². The molecule has 9 heteroatoms. The number of carbonyl (C=O) groups is 1. The standard InChI is InChI=1S/C19H16Cl2N6O/c1-19(10-27-15(5-6-24-27)17(22)26-19)11-3-2-4-13(7-11)25-18(28)16-14(21)8-12(20)9-23-16/h2-9H,10H2,1H3,(H2,22,26)(H,25,28)/t19-/m0/s1. The minimum Gasteiger partial charge on any atom is -0.382 e. The van der Waals surface area contributed by atoms with Crippen LogP contribution < -0.4 is 11.1 Å². The fourth-order valence-corrected chi connectivity index (χ4v) is 3.65. The summed E-state index contributed by atoms with van der Waals surface area (Å²) in [6.45, 7) is 2.51. The van der Waals surface area contributed by atoms with E-state index >= 15 is 0 Å². The highest BCUT2D eigenvalue weighted by molar-refractivity contribution is 6.36. The first-order chi connectivity index (χ1) is 13.4. The van der Waals surface area contributed by atoms with E-state index in [-0.39, 0.29) is 10.7 Å². The summed E-state index contributed by atoms with van der Waals surface area (Å²) in [5.74, 6) is 0.00262. The lowest BCUT2D eigenvalue weighted by atomic mass is 9.91. The number of benzene rings is 1. The van der Waals surface area contributed by atoms with Crippen LogP contribution in [0.25, 0.3) is 0 Å². The molecule has 3 N–H and O–H groups in total. The van der Waals surface area contributed by atoms with Crippen LogP contribution in [0.4, 0.5) is 5.69 Å². The van der Waals surface area contributed by atoms with E-state index in [2.05, 4.69) is 20.4 Å². The highest BCUT2D eigenvalue weighted by Gasteiger charge is 2.32. The van der Waals surface area contributed by atoms with E-state index < -0.39 is 11.4 Å². The van der Waals surface area contributed by atoms with Crippen molar-refractivity contribution in [1.29, 1.82) is 0 Å². The van der Waals surface area contributed by atoms with Gasteiger partial charge in [0.1, 0.15) is 22.8 Å². The second kappa shape index (κ2) is 6.92. The molecule has 28 heavy (non-hydrogen) atoms. The molecule has 3 aromatic rings. The molecule has 0 saturated heterocycles. The molecule has 1 atom stereocenters. The van der Waals surface area contributed by atoms with Crippen LogP contribution in [0.1, 0.15) is 28.7 Å². The molecule has 7 nitrogen and oxygen atoms in total. The van der Waals surface area contributed by atoms with E-state index in [1.807, 2.05) is 35.9 Å². The van der Waals surface area contributed by atoms with Crippen LogP contribution in [0.3, 0.4) is 0 Å². The van der Waals surface area contributed by atoms with Gasteiger partial charge in [0.15, 0.2) is 0 Å². The van der Waals surface area contributed by atoms with Gasteiger partial charge in [0.25, 0.3) is 5.91 Å². The third kappa shape index (κ3) is 3.34. The van der Waals surface area contributed by atoms with Crippen LogP contribution in [0.2, 0.25) is 10.0 Å². The molecule has 0 aliphatic carbocycles. The van der Waals surface area contributed by atoms with Gasteiger partial charge in [-0.1, -0.05) is 35.3 Å². The Kier molecular flexibility index (Phi) is 4.56. The average molecular weight is 415 g/mol. The summed E-state index contributed by atoms with van der Waals surface area (Å²) in [7, 11) is 0. The van der Waals surface area contributed by atoms with Crippen LogP contribution in [0.15, 0.2) is 53.8 Å². The summed E-state index contributed by atoms with van der Waals surface area (Å²) in [6.07, 6.45) is 3.07. The Balaban J connectivity index is 1.62. The molecule has 0 spiro atoms. The fourth-order valence-electron chi connectivity index (χ4n) is 3.19. The molecule has 1 aliphatic heterocycles. The summed E-state index contributed by atoms with van der Waals surface area (Å²) < 4.78 is 1.82. The molecule has 0 fully saturated rings. The van der Waals surface area contributed by atoms with Gasteiger partial charge in [-0.3, -0.25) is 14.5 Å². The number of hydrogen-bond acceptors (Lipinski definition) is 5. The monoisotopic (exact) mass is 414 g/mol. The van der Waals surface area contributed by atoms with Gasteiger partial charge in [-0.15, -0.1) is 0 Å². The van der Waals surface area contributed by atoms with Crippen molar-refractivity contribution in [2.75, 3.05) is 5.32 Å². The van der Waals surface area contributed by atoms with Crippen molar-refractivity contribution >= 4 is 40.6 Å². The van der Waals surface area contributed by atoms with Crippen molar-refractivity contribution in [2.45, 2.75) is 19.0 Å². The number of carbonyl (C=O) groups excluding carboxylic acids is 1. The third-order valence-corrected chi connectivity index (χ3v) is 5.06. The number of fused-ring (bicyclic) bond motifs is 1. The normalized spacial score (nSPS) is 18.3. The van der Waals surface area contributed by atoms with Gasteiger partial charge in [-0.2, -0.15) is 5.10 Å². The van der Waals surface area contributed by atoms with Crippen molar-refractivity contribution in [3.05, 3.63) is 75.8 Å². The molecule has 4 rings (SSSR count). The zero-order valence-electron chi connectivity index (χ0n) is 14.9. The number of nitrogens with zero attached hydrogens (tertiary/aromatic N) is 4. The fraction of sp³-hybridized carbons (Fsp3) is 0.158. The molecule has 3 heterocycles. The molecule has 2 aromatic heterocycles. The SMILES string of the molecule is C[C@@]1(c2cccc(NC(=O)c3ncc(Cl)cc3Cl)c2)Cn2nccc2C(N)=N1. The van der Waals surface area contributed by atoms with Crippen molar-refractivity contribution in [3.8, 4) is 0 Å². The minimum atomic E-state index is -0.611. The first-order valence-electron chi connectivity index (χ1n) is 8.46. The molecule has 1 amide bonds. The Morgan fingerprint density at radius 2 is 2.11 bits per heavy atom. The second-order valence-electron chi connectivity index (χ2n) is 6.66. The topological polar surface area (TPSA) is 98.2 Å². The highest BCUT2D eigenvalue weighted by atomic mass is 35.5. The lowest BCUT2D eigenvalue weighted by Crippen LogP contribution is -2.37. The Bertz CT molecular complexity index is 1110. The van der Waals surface area contributed by atoms with Gasteiger partial charge in [-0.05, 0) is 36.8 Å². The van der Waals surface area contributed by atoms with E-state index in [9.17, 15) is 4.79 Å². The van der Waals surface area contributed by atoms with Crippen molar-refractivity contribution < 1.29 is 4.79 Å². The number of amides is 1. The average Bonchev–Trinajstić information content (AvgIpc) is 3.10. The first-order valence-corrected chi connectivity index (χ1v) is 9.22. The highest BCUT2D eigenvalue weighted by Crippen LogP contribution is 2.32. The van der Waals surface area contributed by atoms with E-state index in [1.165, 1.54) is 12.3 Å².